The predicted molar refractivity (Wildman–Crippen MR) is 236 cm³/mol. The average molecular weight is 969 g/mol. The van der Waals surface area contributed by atoms with E-state index in [9.17, 15) is 0 Å². The van der Waals surface area contributed by atoms with Gasteiger partial charge in [-0.05, 0) is 0 Å². The molecule has 0 amide bonds. The summed E-state index contributed by atoms with van der Waals surface area (Å²) in [4.78, 5) is 0. The summed E-state index contributed by atoms with van der Waals surface area (Å²) in [7, 11) is 0. The first kappa shape index (κ1) is 459. The van der Waals surface area contributed by atoms with Crippen LogP contribution in [0.4, 0.5) is 0 Å². The molecule has 0 aromatic rings. The van der Waals surface area contributed by atoms with Gasteiger partial charge in [0.15, 0.2) is 0 Å². The molecule has 0 N–H and O–H groups in total. The van der Waals surface area contributed by atoms with Gasteiger partial charge in [-0.1, -0.05) is 91.9 Å². The van der Waals surface area contributed by atoms with Crippen LogP contribution in [-0.2, 0) is 132 Å². The van der Waals surface area contributed by atoms with Crippen molar-refractivity contribution in [3.8, 4) is 0 Å². The minimum absolute atomic E-state index is 0. The van der Waals surface area contributed by atoms with Gasteiger partial charge in [-0.25, -0.2) is 0 Å². The Labute approximate surface area is 411 Å². The van der Waals surface area contributed by atoms with Gasteiger partial charge in [-0.2, -0.15) is 0 Å². The van der Waals surface area contributed by atoms with Crippen LogP contribution in [0.25, 0.3) is 0 Å². The molecule has 2 saturated carbocycles. The smallest absolute Gasteiger partial charge is 0.358 e. The molecule has 0 radical (unpaired) electrons. The standard InChI is InChI=1S/2C5H10.2C2H6.26CH3.2Nb.4Ti/c2*1-2-4-5-3-1;2*1-2;;;;;;;;;;;;;;;;;;;;;;;;;;;;;;;;/h2*1-5H2;2*1-2H3;26*1H3;;;;;;/q;;;;26*-1;2*+5;4*+4. The molecule has 0 spiro atoms. The molecule has 2 aliphatic carbocycles. The molecule has 0 aliphatic heterocycles. The van der Waals surface area contributed by atoms with Crippen LogP contribution in [0.1, 0.15) is 91.9 Å². The maximum atomic E-state index is 2.00. The largest absolute Gasteiger partial charge is 5.00 e. The molecule has 0 saturated heterocycles. The molecule has 2 aliphatic rings. The first-order chi connectivity index (χ1) is 7.00. The zero-order valence-electron chi connectivity index (χ0n) is 40.0. The van der Waals surface area contributed by atoms with E-state index in [0.29, 0.717) is 0 Å². The minimum atomic E-state index is 0. The molecule has 46 heavy (non-hydrogen) atoms. The molecule has 2 fully saturated rings. The van der Waals surface area contributed by atoms with Gasteiger partial charge < -0.3 is 193 Å². The predicted octanol–water partition coefficient (Wildman–Crippen LogP) is 17.6. The second-order valence-corrected chi connectivity index (χ2v) is 3.54. The van der Waals surface area contributed by atoms with E-state index in [2.05, 4.69) is 0 Å². The van der Waals surface area contributed by atoms with Crippen LogP contribution in [0.5, 0.6) is 0 Å². The maximum absolute atomic E-state index is 2.00. The van der Waals surface area contributed by atoms with E-state index >= 15 is 0 Å². The van der Waals surface area contributed by atoms with Gasteiger partial charge in [0, 0.05) is 0 Å². The molecule has 0 aromatic heterocycles. The van der Waals surface area contributed by atoms with Crippen LogP contribution < -0.4 is 0 Å². The molecule has 0 heterocycles. The van der Waals surface area contributed by atoms with Gasteiger partial charge in [0.2, 0.25) is 0 Å². The van der Waals surface area contributed by atoms with Crippen molar-refractivity contribution in [3.63, 3.8) is 0 Å². The quantitative estimate of drug-likeness (QED) is 0.168. The summed E-state index contributed by atoms with van der Waals surface area (Å²) >= 11 is 0. The van der Waals surface area contributed by atoms with Gasteiger partial charge in [0.05, 0.1) is 0 Å². The van der Waals surface area contributed by atoms with E-state index in [1.807, 2.05) is 27.7 Å². The summed E-state index contributed by atoms with van der Waals surface area (Å²) in [6.07, 6.45) is 15.0. The Morgan fingerprint density at radius 2 is 0.174 bits per heavy atom. The first-order valence-electron chi connectivity index (χ1n) is 7.00. The van der Waals surface area contributed by atoms with Crippen LogP contribution >= 0.6 is 0 Å². The zero-order valence-corrected chi connectivity index (χ0v) is 50.6. The van der Waals surface area contributed by atoms with Crippen LogP contribution in [-0.4, -0.2) is 0 Å². The third-order valence-corrected chi connectivity index (χ3v) is 2.50. The van der Waals surface area contributed by atoms with Gasteiger partial charge in [0.1, 0.15) is 0 Å². The summed E-state index contributed by atoms with van der Waals surface area (Å²) in [6.45, 7) is 8.00. The van der Waals surface area contributed by atoms with E-state index < -0.39 is 0 Å². The van der Waals surface area contributed by atoms with Gasteiger partial charge in [-0.3, -0.25) is 0 Å². The van der Waals surface area contributed by atoms with Crippen molar-refractivity contribution >= 4 is 0 Å². The fourth-order valence-corrected chi connectivity index (χ4v) is 1.77. The number of hydrogen-bond donors (Lipinski definition) is 0. The zero-order chi connectivity index (χ0) is 11.1. The Morgan fingerprint density at radius 3 is 0.196 bits per heavy atom. The van der Waals surface area contributed by atoms with Crippen LogP contribution in [0, 0.1) is 193 Å². The molecule has 0 nitrogen and oxygen atoms in total. The summed E-state index contributed by atoms with van der Waals surface area (Å²) in [5.74, 6) is 0. The van der Waals surface area contributed by atoms with E-state index in [4.69, 9.17) is 0 Å². The third-order valence-electron chi connectivity index (χ3n) is 2.50. The maximum Gasteiger partial charge on any atom is 5.00 e. The summed E-state index contributed by atoms with van der Waals surface area (Å²) in [5, 5.41) is 0. The average Bonchev–Trinajstić information content (AvgIpc) is 3.01. The van der Waals surface area contributed by atoms with Crippen molar-refractivity contribution in [1.82, 2.24) is 0 Å². The Balaban J connectivity index is -0.00000000109. The molecule has 6 heteroatoms. The van der Waals surface area contributed by atoms with Gasteiger partial charge in [-0.15, -0.1) is 0 Å². The van der Waals surface area contributed by atoms with Gasteiger partial charge in [0.25, 0.3) is 0 Å². The fraction of sp³-hybridized carbons (Fsp3) is 0.350. The molecule has 0 bridgehead atoms. The normalized spacial score (nSPS) is 5.48. The van der Waals surface area contributed by atoms with Crippen LogP contribution in [0.2, 0.25) is 0 Å². The van der Waals surface area contributed by atoms with Crippen molar-refractivity contribution in [2.75, 3.05) is 0 Å². The van der Waals surface area contributed by atoms with Crippen molar-refractivity contribution < 1.29 is 132 Å². The molecule has 296 valence electrons. The fourth-order valence-electron chi connectivity index (χ4n) is 1.77. The SMILES string of the molecule is C1CCCC1.C1CCCC1.CC.CC.[CH3-].[CH3-].[CH3-].[CH3-].[CH3-].[CH3-].[CH3-].[CH3-].[CH3-].[CH3-].[CH3-].[CH3-].[CH3-].[CH3-].[CH3-].[CH3-].[CH3-].[CH3-].[CH3-].[CH3-].[CH3-].[CH3-].[CH3-].[CH3-].[CH3-].[CH3-].[Nb+5].[Nb+5].[Ti+4].[Ti+4].[Ti+4].[Ti+4]. The van der Waals surface area contributed by atoms with Crippen LogP contribution in [0.15, 0.2) is 0 Å². The summed E-state index contributed by atoms with van der Waals surface area (Å²) < 4.78 is 0. The van der Waals surface area contributed by atoms with Crippen molar-refractivity contribution in [3.05, 3.63) is 193 Å². The Kier molecular flexibility index (Phi) is 5600. The Bertz CT molecular complexity index is 64.4. The molecule has 0 atom stereocenters. The van der Waals surface area contributed by atoms with E-state index in [1.165, 1.54) is 64.2 Å². The second-order valence-electron chi connectivity index (χ2n) is 3.54. The molecule has 0 aromatic carbocycles. The number of rotatable bonds is 0. The van der Waals surface area contributed by atoms with E-state index in [0.717, 1.165) is 0 Å². The molecule has 0 unspecified atom stereocenters. The molecular weight excluding hydrogens is 858 g/mol. The summed E-state index contributed by atoms with van der Waals surface area (Å²) in [6, 6.07) is 0. The van der Waals surface area contributed by atoms with E-state index in [-0.39, 0.29) is 325 Å². The Morgan fingerprint density at radius 1 is 0.152 bits per heavy atom. The van der Waals surface area contributed by atoms with Crippen molar-refractivity contribution in [2.24, 2.45) is 0 Å². The van der Waals surface area contributed by atoms with Crippen molar-refractivity contribution in [2.45, 2.75) is 91.9 Å². The monoisotopic (exact) mass is 968 g/mol. The topological polar surface area (TPSA) is 0 Å². The van der Waals surface area contributed by atoms with Crippen LogP contribution in [0.3, 0.4) is 0 Å². The van der Waals surface area contributed by atoms with E-state index in [1.54, 1.807) is 0 Å². The van der Waals surface area contributed by atoms with Gasteiger partial charge >= 0.3 is 132 Å². The minimum Gasteiger partial charge on any atom is -0.358 e. The molecule has 2 rings (SSSR count). The Hall–Kier alpha value is 4.34. The summed E-state index contributed by atoms with van der Waals surface area (Å²) in [5.41, 5.74) is 0. The second kappa shape index (κ2) is 561. The molecular formula is C40H110Nb2Ti4. The number of hydrogen-bond acceptors (Lipinski definition) is 0. The van der Waals surface area contributed by atoms with Crippen molar-refractivity contribution in [1.29, 1.82) is 0 Å². The third kappa shape index (κ3) is 527. The first-order valence-corrected chi connectivity index (χ1v) is 7.00.